The molecule has 0 bridgehead atoms. The third-order valence-electron chi connectivity index (χ3n) is 3.52. The maximum absolute atomic E-state index is 11.1. The second-order valence-corrected chi connectivity index (χ2v) is 7.06. The highest BCUT2D eigenvalue weighted by Gasteiger charge is 2.35. The number of hydrogen-bond acceptors (Lipinski definition) is 3. The Labute approximate surface area is 121 Å². The third kappa shape index (κ3) is 4.00. The summed E-state index contributed by atoms with van der Waals surface area (Å²) in [6.07, 6.45) is 1.55. The molecule has 1 aromatic carbocycles. The second-order valence-electron chi connectivity index (χ2n) is 4.77. The van der Waals surface area contributed by atoms with Gasteiger partial charge in [0.1, 0.15) is 0 Å². The Morgan fingerprint density at radius 2 is 1.84 bits per heavy atom. The molecule has 0 radical (unpaired) electrons. The standard InChI is InChI=1S/C12H17BrN2O3S/c13-11-3-1-10(2-4-11)12(5-7-18-8-6-12)9-15-19(14,16)17/h1-4,15H,5-9H2,(H2,14,16,17). The second kappa shape index (κ2) is 5.88. The predicted molar refractivity (Wildman–Crippen MR) is 77.0 cm³/mol. The highest BCUT2D eigenvalue weighted by molar-refractivity contribution is 9.10. The average molecular weight is 349 g/mol. The molecule has 1 fully saturated rings. The van der Waals surface area contributed by atoms with E-state index in [1.54, 1.807) is 0 Å². The zero-order valence-corrected chi connectivity index (χ0v) is 12.8. The van der Waals surface area contributed by atoms with Crippen LogP contribution in [-0.2, 0) is 20.4 Å². The molecule has 5 nitrogen and oxygen atoms in total. The fraction of sp³-hybridized carbons (Fsp3) is 0.500. The number of benzene rings is 1. The largest absolute Gasteiger partial charge is 0.381 e. The number of ether oxygens (including phenoxy) is 1. The topological polar surface area (TPSA) is 81.4 Å². The smallest absolute Gasteiger partial charge is 0.274 e. The van der Waals surface area contributed by atoms with Crippen molar-refractivity contribution in [2.45, 2.75) is 18.3 Å². The van der Waals surface area contributed by atoms with E-state index in [0.29, 0.717) is 19.8 Å². The molecule has 0 spiro atoms. The third-order valence-corrected chi connectivity index (χ3v) is 4.59. The minimum absolute atomic E-state index is 0.245. The molecule has 0 aliphatic carbocycles. The van der Waals surface area contributed by atoms with E-state index in [1.165, 1.54) is 0 Å². The normalized spacial score (nSPS) is 19.3. The van der Waals surface area contributed by atoms with E-state index in [1.807, 2.05) is 24.3 Å². The van der Waals surface area contributed by atoms with E-state index in [9.17, 15) is 8.42 Å². The van der Waals surface area contributed by atoms with E-state index in [0.717, 1.165) is 22.9 Å². The molecular weight excluding hydrogens is 332 g/mol. The molecule has 1 aromatic rings. The van der Waals surface area contributed by atoms with Crippen molar-refractivity contribution < 1.29 is 13.2 Å². The van der Waals surface area contributed by atoms with Gasteiger partial charge < -0.3 is 4.74 Å². The summed E-state index contributed by atoms with van der Waals surface area (Å²) in [6.45, 7) is 1.56. The summed E-state index contributed by atoms with van der Waals surface area (Å²) in [7, 11) is -3.68. The van der Waals surface area contributed by atoms with Crippen LogP contribution < -0.4 is 9.86 Å². The van der Waals surface area contributed by atoms with Gasteiger partial charge in [-0.15, -0.1) is 0 Å². The molecule has 1 heterocycles. The monoisotopic (exact) mass is 348 g/mol. The van der Waals surface area contributed by atoms with Crippen molar-refractivity contribution >= 4 is 26.1 Å². The quantitative estimate of drug-likeness (QED) is 0.860. The summed E-state index contributed by atoms with van der Waals surface area (Å²) < 4.78 is 31.1. The molecule has 1 aliphatic rings. The van der Waals surface area contributed by atoms with Crippen LogP contribution in [0.2, 0.25) is 0 Å². The van der Waals surface area contributed by atoms with E-state index in [4.69, 9.17) is 9.88 Å². The van der Waals surface area contributed by atoms with Gasteiger partial charge in [-0.25, -0.2) is 9.86 Å². The van der Waals surface area contributed by atoms with Crippen LogP contribution in [0.5, 0.6) is 0 Å². The molecule has 0 aromatic heterocycles. The fourth-order valence-electron chi connectivity index (χ4n) is 2.37. The number of nitrogens with one attached hydrogen (secondary N) is 1. The summed E-state index contributed by atoms with van der Waals surface area (Å²) in [6, 6.07) is 7.95. The Morgan fingerprint density at radius 1 is 1.26 bits per heavy atom. The van der Waals surface area contributed by atoms with Gasteiger partial charge in [-0.05, 0) is 30.5 Å². The molecule has 0 atom stereocenters. The lowest BCUT2D eigenvalue weighted by Gasteiger charge is -2.37. The van der Waals surface area contributed by atoms with Crippen LogP contribution in [0.4, 0.5) is 0 Å². The first-order chi connectivity index (χ1) is 8.91. The van der Waals surface area contributed by atoms with Gasteiger partial charge in [-0.3, -0.25) is 0 Å². The van der Waals surface area contributed by atoms with Gasteiger partial charge in [0, 0.05) is 29.6 Å². The Morgan fingerprint density at radius 3 is 2.37 bits per heavy atom. The highest BCUT2D eigenvalue weighted by atomic mass is 79.9. The molecular formula is C12H17BrN2O3S. The highest BCUT2D eigenvalue weighted by Crippen LogP contribution is 2.34. The van der Waals surface area contributed by atoms with Crippen molar-refractivity contribution in [2.75, 3.05) is 19.8 Å². The molecule has 7 heteroatoms. The van der Waals surface area contributed by atoms with Crippen LogP contribution in [0.25, 0.3) is 0 Å². The van der Waals surface area contributed by atoms with Crippen molar-refractivity contribution in [3.63, 3.8) is 0 Å². The maximum Gasteiger partial charge on any atom is 0.274 e. The van der Waals surface area contributed by atoms with E-state index in [2.05, 4.69) is 20.7 Å². The van der Waals surface area contributed by atoms with Crippen molar-refractivity contribution in [3.8, 4) is 0 Å². The lowest BCUT2D eigenvalue weighted by Crippen LogP contribution is -2.46. The summed E-state index contributed by atoms with van der Waals surface area (Å²) in [4.78, 5) is 0. The Kier molecular flexibility index (Phi) is 4.62. The van der Waals surface area contributed by atoms with Crippen LogP contribution in [0, 0.1) is 0 Å². The minimum atomic E-state index is -3.68. The number of hydrogen-bond donors (Lipinski definition) is 2. The number of rotatable bonds is 4. The number of nitrogens with two attached hydrogens (primary N) is 1. The molecule has 0 amide bonds. The van der Waals surface area contributed by atoms with Crippen molar-refractivity contribution in [2.24, 2.45) is 5.14 Å². The van der Waals surface area contributed by atoms with Crippen molar-refractivity contribution in [1.29, 1.82) is 0 Å². The SMILES string of the molecule is NS(=O)(=O)NCC1(c2ccc(Br)cc2)CCOCC1. The summed E-state index contributed by atoms with van der Waals surface area (Å²) >= 11 is 3.40. The average Bonchev–Trinajstić information content (AvgIpc) is 2.37. The predicted octanol–water partition coefficient (Wildman–Crippen LogP) is 1.29. The first-order valence-electron chi connectivity index (χ1n) is 6.03. The van der Waals surface area contributed by atoms with Crippen LogP contribution >= 0.6 is 15.9 Å². The fourth-order valence-corrected chi connectivity index (χ4v) is 3.11. The van der Waals surface area contributed by atoms with Gasteiger partial charge >= 0.3 is 0 Å². The Balaban J connectivity index is 2.26. The molecule has 3 N–H and O–H groups in total. The molecule has 1 aliphatic heterocycles. The minimum Gasteiger partial charge on any atom is -0.381 e. The molecule has 2 rings (SSSR count). The molecule has 0 unspecified atom stereocenters. The maximum atomic E-state index is 11.1. The van der Waals surface area contributed by atoms with Crippen molar-refractivity contribution in [3.05, 3.63) is 34.3 Å². The first kappa shape index (κ1) is 14.9. The lowest BCUT2D eigenvalue weighted by atomic mass is 9.74. The van der Waals surface area contributed by atoms with E-state index >= 15 is 0 Å². The van der Waals surface area contributed by atoms with E-state index in [-0.39, 0.29) is 5.41 Å². The van der Waals surface area contributed by atoms with Gasteiger partial charge in [-0.1, -0.05) is 28.1 Å². The van der Waals surface area contributed by atoms with Gasteiger partial charge in [0.2, 0.25) is 0 Å². The Bertz CT molecular complexity index is 524. The summed E-state index contributed by atoms with van der Waals surface area (Å²) in [5, 5.41) is 5.04. The molecule has 1 saturated heterocycles. The molecule has 19 heavy (non-hydrogen) atoms. The van der Waals surface area contributed by atoms with Crippen LogP contribution in [0.15, 0.2) is 28.7 Å². The van der Waals surface area contributed by atoms with Gasteiger partial charge in [-0.2, -0.15) is 8.42 Å². The lowest BCUT2D eigenvalue weighted by molar-refractivity contribution is 0.0517. The molecule has 0 saturated carbocycles. The molecule has 106 valence electrons. The van der Waals surface area contributed by atoms with Crippen LogP contribution in [0.1, 0.15) is 18.4 Å². The van der Waals surface area contributed by atoms with E-state index < -0.39 is 10.2 Å². The first-order valence-corrected chi connectivity index (χ1v) is 8.36. The summed E-state index contributed by atoms with van der Waals surface area (Å²) in [5.41, 5.74) is 0.862. The van der Waals surface area contributed by atoms with Gasteiger partial charge in [0.05, 0.1) is 0 Å². The van der Waals surface area contributed by atoms with Crippen LogP contribution in [0.3, 0.4) is 0 Å². The Hall–Kier alpha value is -0.470. The van der Waals surface area contributed by atoms with Gasteiger partial charge in [0.25, 0.3) is 10.2 Å². The zero-order valence-electron chi connectivity index (χ0n) is 10.4. The zero-order chi connectivity index (χ0) is 13.9. The summed E-state index contributed by atoms with van der Waals surface area (Å²) in [5.74, 6) is 0. The number of halogens is 1. The van der Waals surface area contributed by atoms with Crippen LogP contribution in [-0.4, -0.2) is 28.2 Å². The van der Waals surface area contributed by atoms with Gasteiger partial charge in [0.15, 0.2) is 0 Å². The van der Waals surface area contributed by atoms with Crippen molar-refractivity contribution in [1.82, 2.24) is 4.72 Å².